The van der Waals surface area contributed by atoms with E-state index in [-0.39, 0.29) is 11.7 Å². The van der Waals surface area contributed by atoms with Gasteiger partial charge in [0.1, 0.15) is 5.75 Å². The van der Waals surface area contributed by atoms with E-state index in [9.17, 15) is 13.6 Å². The molecule has 0 fully saturated rings. The van der Waals surface area contributed by atoms with E-state index in [0.29, 0.717) is 5.56 Å². The van der Waals surface area contributed by atoms with Crippen LogP contribution in [0.4, 0.5) is 8.78 Å². The summed E-state index contributed by atoms with van der Waals surface area (Å²) >= 11 is 0. The number of alkyl halides is 2. The highest BCUT2D eigenvalue weighted by molar-refractivity contribution is 5.92. The van der Waals surface area contributed by atoms with Gasteiger partial charge >= 0.3 is 6.61 Å². The molecule has 1 heterocycles. The van der Waals surface area contributed by atoms with E-state index >= 15 is 0 Å². The number of hydrogen-bond donors (Lipinski definition) is 1. The smallest absolute Gasteiger partial charge is 0.387 e. The molecule has 1 N–H and O–H groups in total. The molecule has 7 heteroatoms. The van der Waals surface area contributed by atoms with Crippen molar-refractivity contribution < 1.29 is 18.3 Å². The molecule has 0 atom stereocenters. The molecule has 0 unspecified atom stereocenters. The van der Waals surface area contributed by atoms with Crippen molar-refractivity contribution >= 4 is 12.0 Å². The molecule has 0 bridgehead atoms. The summed E-state index contributed by atoms with van der Waals surface area (Å²) in [6.07, 6.45) is 6.21. The van der Waals surface area contributed by atoms with E-state index in [4.69, 9.17) is 0 Å². The molecule has 128 valence electrons. The topological polar surface area (TPSA) is 56.2 Å². The van der Waals surface area contributed by atoms with Crippen LogP contribution >= 0.6 is 0 Å². The van der Waals surface area contributed by atoms with Gasteiger partial charge in [-0.2, -0.15) is 13.9 Å². The third-order valence-electron chi connectivity index (χ3n) is 3.41. The van der Waals surface area contributed by atoms with Gasteiger partial charge in [0.25, 0.3) is 0 Å². The van der Waals surface area contributed by atoms with E-state index < -0.39 is 12.2 Å². The lowest BCUT2D eigenvalue weighted by Gasteiger charge is -2.24. The van der Waals surface area contributed by atoms with Crippen molar-refractivity contribution in [3.8, 4) is 5.75 Å². The first-order valence-corrected chi connectivity index (χ1v) is 7.31. The van der Waals surface area contributed by atoms with Gasteiger partial charge in [0, 0.05) is 30.4 Å². The van der Waals surface area contributed by atoms with Crippen LogP contribution in [0.2, 0.25) is 0 Å². The molecule has 5 nitrogen and oxygen atoms in total. The second kappa shape index (κ2) is 7.25. The number of benzene rings is 1. The molecule has 0 saturated heterocycles. The third kappa shape index (κ3) is 4.65. The van der Waals surface area contributed by atoms with Gasteiger partial charge in [-0.3, -0.25) is 9.48 Å². The average Bonchev–Trinajstić information content (AvgIpc) is 2.93. The lowest BCUT2D eigenvalue weighted by atomic mass is 9.98. The number of nitrogens with one attached hydrogen (secondary N) is 1. The highest BCUT2D eigenvalue weighted by Crippen LogP contribution is 2.22. The van der Waals surface area contributed by atoms with E-state index in [0.717, 1.165) is 5.56 Å². The summed E-state index contributed by atoms with van der Waals surface area (Å²) in [6, 6.07) is 6.27. The number of nitrogens with zero attached hydrogens (tertiary/aromatic N) is 2. The molecule has 0 saturated carbocycles. The minimum absolute atomic E-state index is 0.0167. The normalized spacial score (nSPS) is 11.9. The Labute approximate surface area is 138 Å². The summed E-state index contributed by atoms with van der Waals surface area (Å²) in [5.74, 6) is -0.334. The Morgan fingerprint density at radius 2 is 2.08 bits per heavy atom. The van der Waals surface area contributed by atoms with Crippen LogP contribution in [0.5, 0.6) is 5.75 Å². The summed E-state index contributed by atoms with van der Waals surface area (Å²) in [6.45, 7) is 0.783. The van der Waals surface area contributed by atoms with Crippen LogP contribution in [0.3, 0.4) is 0 Å². The predicted molar refractivity (Wildman–Crippen MR) is 86.5 cm³/mol. The minimum atomic E-state index is -2.92. The van der Waals surface area contributed by atoms with Crippen LogP contribution in [0, 0.1) is 0 Å². The van der Waals surface area contributed by atoms with Crippen LogP contribution in [-0.4, -0.2) is 22.3 Å². The van der Waals surface area contributed by atoms with E-state index in [2.05, 4.69) is 15.2 Å². The molecule has 0 radical (unpaired) electrons. The highest BCUT2D eigenvalue weighted by atomic mass is 19.3. The van der Waals surface area contributed by atoms with Crippen LogP contribution in [-0.2, 0) is 17.4 Å². The number of ether oxygens (including phenoxy) is 1. The fourth-order valence-corrected chi connectivity index (χ4v) is 2.15. The Morgan fingerprint density at radius 3 is 2.71 bits per heavy atom. The molecule has 1 amide bonds. The molecule has 1 aromatic carbocycles. The van der Waals surface area contributed by atoms with Crippen molar-refractivity contribution in [3.05, 3.63) is 53.9 Å². The zero-order valence-corrected chi connectivity index (χ0v) is 13.7. The lowest BCUT2D eigenvalue weighted by Crippen LogP contribution is -2.39. The quantitative estimate of drug-likeness (QED) is 0.826. The number of para-hydroxylation sites is 1. The van der Waals surface area contributed by atoms with E-state index in [1.165, 1.54) is 18.2 Å². The summed E-state index contributed by atoms with van der Waals surface area (Å²) in [4.78, 5) is 12.1. The number of carbonyl (C=O) groups is 1. The van der Waals surface area contributed by atoms with Gasteiger partial charge < -0.3 is 10.1 Å². The van der Waals surface area contributed by atoms with Gasteiger partial charge in [-0.25, -0.2) is 0 Å². The molecule has 0 aliphatic rings. The van der Waals surface area contributed by atoms with Crippen LogP contribution in [0.25, 0.3) is 6.08 Å². The van der Waals surface area contributed by atoms with Crippen molar-refractivity contribution in [3.63, 3.8) is 0 Å². The van der Waals surface area contributed by atoms with E-state index in [1.54, 1.807) is 36.1 Å². The second-order valence-corrected chi connectivity index (χ2v) is 5.77. The fourth-order valence-electron chi connectivity index (χ4n) is 2.15. The molecule has 2 aromatic rings. The summed E-state index contributed by atoms with van der Waals surface area (Å²) in [5.41, 5.74) is 0.634. The van der Waals surface area contributed by atoms with Crippen molar-refractivity contribution in [1.82, 2.24) is 15.1 Å². The predicted octanol–water partition coefficient (Wildman–Crippen LogP) is 3.09. The van der Waals surface area contributed by atoms with Crippen LogP contribution < -0.4 is 10.1 Å². The first-order valence-electron chi connectivity index (χ1n) is 7.31. The molecular formula is C17H19F2N3O2. The largest absolute Gasteiger partial charge is 0.434 e. The maximum atomic E-state index is 12.4. The van der Waals surface area contributed by atoms with Gasteiger partial charge in [0.15, 0.2) is 0 Å². The molecule has 24 heavy (non-hydrogen) atoms. The SMILES string of the molecule is Cn1cc(C(C)(C)NC(=O)C=Cc2ccccc2OC(F)F)cn1. The van der Waals surface area contributed by atoms with Gasteiger partial charge in [0.05, 0.1) is 11.7 Å². The number of carbonyl (C=O) groups excluding carboxylic acids is 1. The van der Waals surface area contributed by atoms with Crippen molar-refractivity contribution in [1.29, 1.82) is 0 Å². The number of rotatable bonds is 6. The molecular weight excluding hydrogens is 316 g/mol. The maximum absolute atomic E-state index is 12.4. The van der Waals surface area contributed by atoms with Crippen molar-refractivity contribution in [2.75, 3.05) is 0 Å². The van der Waals surface area contributed by atoms with Crippen molar-refractivity contribution in [2.45, 2.75) is 26.0 Å². The number of aromatic nitrogens is 2. The van der Waals surface area contributed by atoms with Gasteiger partial charge in [-0.05, 0) is 26.0 Å². The molecule has 1 aromatic heterocycles. The van der Waals surface area contributed by atoms with Gasteiger partial charge in [-0.15, -0.1) is 0 Å². The van der Waals surface area contributed by atoms with Crippen LogP contribution in [0.15, 0.2) is 42.7 Å². The average molecular weight is 335 g/mol. The standard InChI is InChI=1S/C17H19F2N3O2/c1-17(2,13-10-20-22(3)11-13)21-15(23)9-8-12-6-4-5-7-14(12)24-16(18)19/h4-11,16H,1-3H3,(H,21,23). The fraction of sp³-hybridized carbons (Fsp3) is 0.294. The zero-order chi connectivity index (χ0) is 17.7. The van der Waals surface area contributed by atoms with Crippen LogP contribution in [0.1, 0.15) is 25.0 Å². The monoisotopic (exact) mass is 335 g/mol. The zero-order valence-electron chi connectivity index (χ0n) is 13.7. The Kier molecular flexibility index (Phi) is 5.33. The third-order valence-corrected chi connectivity index (χ3v) is 3.41. The minimum Gasteiger partial charge on any atom is -0.434 e. The number of halogens is 2. The Hall–Kier alpha value is -2.70. The Morgan fingerprint density at radius 1 is 1.38 bits per heavy atom. The number of amides is 1. The first kappa shape index (κ1) is 17.7. The highest BCUT2D eigenvalue weighted by Gasteiger charge is 2.23. The molecule has 0 spiro atoms. The molecule has 0 aliphatic heterocycles. The summed E-state index contributed by atoms with van der Waals surface area (Å²) < 4.78 is 30.8. The summed E-state index contributed by atoms with van der Waals surface area (Å²) in [5, 5.41) is 6.93. The summed E-state index contributed by atoms with van der Waals surface area (Å²) in [7, 11) is 1.79. The Balaban J connectivity index is 2.08. The van der Waals surface area contributed by atoms with Gasteiger partial charge in [-0.1, -0.05) is 18.2 Å². The molecule has 2 rings (SSSR count). The first-order chi connectivity index (χ1) is 11.3. The molecule has 0 aliphatic carbocycles. The Bertz CT molecular complexity index is 739. The maximum Gasteiger partial charge on any atom is 0.387 e. The second-order valence-electron chi connectivity index (χ2n) is 5.77. The van der Waals surface area contributed by atoms with Gasteiger partial charge in [0.2, 0.25) is 5.91 Å². The number of hydrogen-bond acceptors (Lipinski definition) is 3. The number of aryl methyl sites for hydroxylation is 1. The lowest BCUT2D eigenvalue weighted by molar-refractivity contribution is -0.118. The van der Waals surface area contributed by atoms with E-state index in [1.807, 2.05) is 20.0 Å². The van der Waals surface area contributed by atoms with Crippen molar-refractivity contribution in [2.24, 2.45) is 7.05 Å².